The number of imide groups is 1. The molecule has 3 unspecified atom stereocenters. The van der Waals surface area contributed by atoms with Crippen LogP contribution in [0.25, 0.3) is 0 Å². The van der Waals surface area contributed by atoms with Crippen LogP contribution in [0.2, 0.25) is 0 Å². The number of amides is 2. The molecule has 0 bridgehead atoms. The van der Waals surface area contributed by atoms with E-state index in [2.05, 4.69) is 26.1 Å². The molecule has 1 fully saturated rings. The van der Waals surface area contributed by atoms with Crippen LogP contribution < -0.4 is 5.32 Å². The maximum atomic E-state index is 12.0. The number of rotatable bonds is 5. The lowest BCUT2D eigenvalue weighted by Gasteiger charge is -2.24. The third-order valence-electron chi connectivity index (χ3n) is 3.66. The minimum absolute atomic E-state index is 0.0410. The first-order chi connectivity index (χ1) is 7.88. The molecule has 3 atom stereocenters. The van der Waals surface area contributed by atoms with Crippen molar-refractivity contribution in [3.63, 3.8) is 0 Å². The van der Waals surface area contributed by atoms with Gasteiger partial charge in [-0.25, -0.2) is 0 Å². The third kappa shape index (κ3) is 3.06. The largest absolute Gasteiger partial charge is 0.303 e. The second-order valence-electron chi connectivity index (χ2n) is 5.29. The molecule has 17 heavy (non-hydrogen) atoms. The van der Waals surface area contributed by atoms with Crippen molar-refractivity contribution in [1.82, 2.24) is 10.2 Å². The number of nitrogens with one attached hydrogen (secondary N) is 1. The Kier molecular flexibility index (Phi) is 4.69. The normalized spacial score (nSPS) is 24.6. The summed E-state index contributed by atoms with van der Waals surface area (Å²) < 4.78 is 0. The summed E-state index contributed by atoms with van der Waals surface area (Å²) in [7, 11) is 0. The Balaban J connectivity index is 2.63. The minimum Gasteiger partial charge on any atom is -0.303 e. The number of likely N-dealkylation sites (tertiary alicyclic amines) is 1. The molecule has 0 aromatic carbocycles. The van der Waals surface area contributed by atoms with E-state index in [0.717, 1.165) is 6.42 Å². The second kappa shape index (κ2) is 5.63. The molecule has 2 amide bonds. The van der Waals surface area contributed by atoms with Crippen LogP contribution in [0.4, 0.5) is 0 Å². The zero-order chi connectivity index (χ0) is 13.2. The summed E-state index contributed by atoms with van der Waals surface area (Å²) >= 11 is 0. The first kappa shape index (κ1) is 14.2. The Hall–Kier alpha value is -0.900. The SMILES string of the molecule is CCC(C)C(C)NC1CC(=O)N(C(C)C)C1=O. The minimum atomic E-state index is -0.325. The van der Waals surface area contributed by atoms with E-state index in [0.29, 0.717) is 12.3 Å². The van der Waals surface area contributed by atoms with E-state index in [-0.39, 0.29) is 29.9 Å². The molecule has 0 aromatic rings. The number of hydrogen-bond acceptors (Lipinski definition) is 3. The monoisotopic (exact) mass is 240 g/mol. The molecule has 4 heteroatoms. The maximum absolute atomic E-state index is 12.0. The van der Waals surface area contributed by atoms with Crippen molar-refractivity contribution in [3.05, 3.63) is 0 Å². The van der Waals surface area contributed by atoms with Crippen molar-refractivity contribution in [2.45, 2.75) is 65.6 Å². The van der Waals surface area contributed by atoms with Crippen LogP contribution in [0.1, 0.15) is 47.5 Å². The molecule has 0 radical (unpaired) electrons. The molecule has 1 N–H and O–H groups in total. The second-order valence-corrected chi connectivity index (χ2v) is 5.29. The highest BCUT2D eigenvalue weighted by Crippen LogP contribution is 2.18. The molecule has 1 heterocycles. The highest BCUT2D eigenvalue weighted by atomic mass is 16.2. The lowest BCUT2D eigenvalue weighted by Crippen LogP contribution is -2.46. The van der Waals surface area contributed by atoms with E-state index in [4.69, 9.17) is 0 Å². The topological polar surface area (TPSA) is 49.4 Å². The summed E-state index contributed by atoms with van der Waals surface area (Å²) in [5.74, 6) is 0.380. The van der Waals surface area contributed by atoms with Gasteiger partial charge >= 0.3 is 0 Å². The van der Waals surface area contributed by atoms with Crippen molar-refractivity contribution in [1.29, 1.82) is 0 Å². The average molecular weight is 240 g/mol. The summed E-state index contributed by atoms with van der Waals surface area (Å²) in [5.41, 5.74) is 0. The molecule has 1 aliphatic heterocycles. The predicted molar refractivity (Wildman–Crippen MR) is 67.4 cm³/mol. The Bertz CT molecular complexity index is 302. The van der Waals surface area contributed by atoms with Gasteiger partial charge in [0.2, 0.25) is 11.8 Å². The van der Waals surface area contributed by atoms with Gasteiger partial charge in [0, 0.05) is 12.1 Å². The van der Waals surface area contributed by atoms with Crippen LogP contribution in [-0.2, 0) is 9.59 Å². The first-order valence-corrected chi connectivity index (χ1v) is 6.50. The molecule has 1 saturated heterocycles. The Morgan fingerprint density at radius 1 is 1.29 bits per heavy atom. The molecule has 1 aliphatic rings. The number of carbonyl (C=O) groups excluding carboxylic acids is 2. The van der Waals surface area contributed by atoms with Gasteiger partial charge < -0.3 is 5.32 Å². The maximum Gasteiger partial charge on any atom is 0.247 e. The van der Waals surface area contributed by atoms with E-state index in [1.807, 2.05) is 13.8 Å². The van der Waals surface area contributed by atoms with Gasteiger partial charge in [-0.1, -0.05) is 20.3 Å². The van der Waals surface area contributed by atoms with Crippen molar-refractivity contribution in [2.75, 3.05) is 0 Å². The number of nitrogens with zero attached hydrogens (tertiary/aromatic N) is 1. The van der Waals surface area contributed by atoms with Crippen LogP contribution in [0.15, 0.2) is 0 Å². The number of hydrogen-bond donors (Lipinski definition) is 1. The van der Waals surface area contributed by atoms with Crippen LogP contribution in [0.5, 0.6) is 0 Å². The summed E-state index contributed by atoms with van der Waals surface area (Å²) in [5, 5.41) is 3.28. The van der Waals surface area contributed by atoms with Crippen molar-refractivity contribution < 1.29 is 9.59 Å². The number of carbonyl (C=O) groups is 2. The Morgan fingerprint density at radius 2 is 1.88 bits per heavy atom. The van der Waals surface area contributed by atoms with Crippen molar-refractivity contribution >= 4 is 11.8 Å². The molecule has 98 valence electrons. The molecule has 0 aromatic heterocycles. The van der Waals surface area contributed by atoms with E-state index in [9.17, 15) is 9.59 Å². The molecule has 0 spiro atoms. The fourth-order valence-corrected chi connectivity index (χ4v) is 2.16. The van der Waals surface area contributed by atoms with E-state index in [1.165, 1.54) is 4.90 Å². The first-order valence-electron chi connectivity index (χ1n) is 6.50. The van der Waals surface area contributed by atoms with E-state index in [1.54, 1.807) is 0 Å². The highest BCUT2D eigenvalue weighted by Gasteiger charge is 2.40. The summed E-state index contributed by atoms with van der Waals surface area (Å²) in [6, 6.07) is -0.108. The van der Waals surface area contributed by atoms with Gasteiger partial charge in [-0.3, -0.25) is 14.5 Å². The van der Waals surface area contributed by atoms with Crippen LogP contribution >= 0.6 is 0 Å². The van der Waals surface area contributed by atoms with Crippen LogP contribution in [-0.4, -0.2) is 34.8 Å². The summed E-state index contributed by atoms with van der Waals surface area (Å²) in [4.78, 5) is 25.1. The van der Waals surface area contributed by atoms with Gasteiger partial charge in [-0.05, 0) is 26.7 Å². The lowest BCUT2D eigenvalue weighted by atomic mass is 10.00. The van der Waals surface area contributed by atoms with E-state index < -0.39 is 0 Å². The van der Waals surface area contributed by atoms with Gasteiger partial charge in [-0.2, -0.15) is 0 Å². The van der Waals surface area contributed by atoms with Crippen molar-refractivity contribution in [3.8, 4) is 0 Å². The molecule has 4 nitrogen and oxygen atoms in total. The molecular weight excluding hydrogens is 216 g/mol. The Morgan fingerprint density at radius 3 is 2.29 bits per heavy atom. The van der Waals surface area contributed by atoms with Crippen molar-refractivity contribution in [2.24, 2.45) is 5.92 Å². The average Bonchev–Trinajstić information content (AvgIpc) is 2.52. The molecular formula is C13H24N2O2. The van der Waals surface area contributed by atoms with Gasteiger partial charge in [0.1, 0.15) is 0 Å². The quantitative estimate of drug-likeness (QED) is 0.742. The van der Waals surface area contributed by atoms with Gasteiger partial charge in [0.15, 0.2) is 0 Å². The molecule has 0 saturated carbocycles. The predicted octanol–water partition coefficient (Wildman–Crippen LogP) is 1.55. The summed E-state index contributed by atoms with van der Waals surface area (Å²) in [6.45, 7) is 10.1. The molecule has 0 aliphatic carbocycles. The van der Waals surface area contributed by atoms with E-state index >= 15 is 0 Å². The van der Waals surface area contributed by atoms with Gasteiger partial charge in [-0.15, -0.1) is 0 Å². The highest BCUT2D eigenvalue weighted by molar-refractivity contribution is 6.05. The fraction of sp³-hybridized carbons (Fsp3) is 0.846. The Labute approximate surface area is 104 Å². The van der Waals surface area contributed by atoms with Crippen LogP contribution in [0, 0.1) is 5.92 Å². The zero-order valence-corrected chi connectivity index (χ0v) is 11.5. The summed E-state index contributed by atoms with van der Waals surface area (Å²) in [6.07, 6.45) is 1.37. The van der Waals surface area contributed by atoms with Gasteiger partial charge in [0.05, 0.1) is 12.5 Å². The van der Waals surface area contributed by atoms with Crippen LogP contribution in [0.3, 0.4) is 0 Å². The smallest absolute Gasteiger partial charge is 0.247 e. The third-order valence-corrected chi connectivity index (χ3v) is 3.66. The fourth-order valence-electron chi connectivity index (χ4n) is 2.16. The zero-order valence-electron chi connectivity index (χ0n) is 11.5. The molecule has 1 rings (SSSR count). The standard InChI is InChI=1S/C13H24N2O2/c1-6-9(4)10(5)14-11-7-12(16)15(8(2)3)13(11)17/h8-11,14H,6-7H2,1-5H3. The lowest BCUT2D eigenvalue weighted by molar-refractivity contribution is -0.140. The van der Waals surface area contributed by atoms with Gasteiger partial charge in [0.25, 0.3) is 0 Å².